The molecule has 4 heteroatoms. The molecule has 1 unspecified atom stereocenters. The van der Waals surface area contributed by atoms with E-state index >= 15 is 0 Å². The molecule has 3 nitrogen and oxygen atoms in total. The molecule has 0 aromatic heterocycles. The van der Waals surface area contributed by atoms with Crippen molar-refractivity contribution < 1.29 is 14.6 Å². The van der Waals surface area contributed by atoms with E-state index in [0.717, 1.165) is 26.1 Å². The summed E-state index contributed by atoms with van der Waals surface area (Å²) in [5, 5.41) is 9.10. The zero-order valence-electron chi connectivity index (χ0n) is 7.86. The third-order valence-electron chi connectivity index (χ3n) is 2.17. The average Bonchev–Trinajstić information content (AvgIpc) is 2.15. The predicted octanol–water partition coefficient (Wildman–Crippen LogP) is 1.76. The van der Waals surface area contributed by atoms with Gasteiger partial charge in [-0.2, -0.15) is 0 Å². The van der Waals surface area contributed by atoms with Gasteiger partial charge in [0.2, 0.25) is 0 Å². The molecule has 1 aliphatic heterocycles. The molecule has 1 heterocycles. The molecule has 0 spiro atoms. The number of carboxylic acid groups (broad SMARTS) is 1. The van der Waals surface area contributed by atoms with Crippen molar-refractivity contribution in [1.82, 2.24) is 0 Å². The molecule has 0 aliphatic carbocycles. The summed E-state index contributed by atoms with van der Waals surface area (Å²) in [5.41, 5.74) is 0. The highest BCUT2D eigenvalue weighted by molar-refractivity contribution is 8.01. The number of carbonyl (C=O) groups is 1. The van der Waals surface area contributed by atoms with Crippen LogP contribution in [0.25, 0.3) is 0 Å². The zero-order chi connectivity index (χ0) is 9.68. The lowest BCUT2D eigenvalue weighted by atomic mass is 10.2. The van der Waals surface area contributed by atoms with Crippen molar-refractivity contribution >= 4 is 17.7 Å². The van der Waals surface area contributed by atoms with Crippen molar-refractivity contribution in [3.05, 3.63) is 0 Å². The summed E-state index contributed by atoms with van der Waals surface area (Å²) >= 11 is 1.59. The van der Waals surface area contributed by atoms with E-state index in [0.29, 0.717) is 11.7 Å². The van der Waals surface area contributed by atoms with Gasteiger partial charge in [0.05, 0.1) is 0 Å². The van der Waals surface area contributed by atoms with Gasteiger partial charge in [-0.15, -0.1) is 11.8 Å². The summed E-state index contributed by atoms with van der Waals surface area (Å²) in [6.07, 6.45) is 2.69. The Morgan fingerprint density at radius 3 is 2.69 bits per heavy atom. The van der Waals surface area contributed by atoms with Crippen LogP contribution in [0, 0.1) is 0 Å². The van der Waals surface area contributed by atoms with Crippen LogP contribution in [0.5, 0.6) is 0 Å². The van der Waals surface area contributed by atoms with E-state index in [-0.39, 0.29) is 5.25 Å². The maximum absolute atomic E-state index is 10.8. The lowest BCUT2D eigenvalue weighted by Gasteiger charge is -2.23. The monoisotopic (exact) mass is 204 g/mol. The minimum Gasteiger partial charge on any atom is -0.480 e. The molecule has 1 saturated heterocycles. The Morgan fingerprint density at radius 1 is 1.62 bits per heavy atom. The van der Waals surface area contributed by atoms with Gasteiger partial charge < -0.3 is 9.84 Å². The molecular weight excluding hydrogens is 188 g/mol. The van der Waals surface area contributed by atoms with E-state index in [4.69, 9.17) is 9.84 Å². The second-order valence-corrected chi connectivity index (χ2v) is 4.69. The molecule has 0 amide bonds. The molecule has 1 N–H and O–H groups in total. The van der Waals surface area contributed by atoms with Gasteiger partial charge in [-0.1, -0.05) is 6.92 Å². The standard InChI is InChI=1S/C9H16O3S/c1-2-8(9(10)11)13-7-3-5-12-6-4-7/h7-8H,2-6H2,1H3,(H,10,11). The molecule has 0 aromatic rings. The number of thioether (sulfide) groups is 1. The smallest absolute Gasteiger partial charge is 0.316 e. The van der Waals surface area contributed by atoms with Crippen LogP contribution in [0.15, 0.2) is 0 Å². The predicted molar refractivity (Wildman–Crippen MR) is 53.1 cm³/mol. The number of carboxylic acids is 1. The minimum absolute atomic E-state index is 0.233. The van der Waals surface area contributed by atoms with Crippen LogP contribution in [0.4, 0.5) is 0 Å². The molecule has 76 valence electrons. The topological polar surface area (TPSA) is 46.5 Å². The normalized spacial score (nSPS) is 21.3. The van der Waals surface area contributed by atoms with Crippen LogP contribution < -0.4 is 0 Å². The number of hydrogen-bond acceptors (Lipinski definition) is 3. The minimum atomic E-state index is -0.681. The number of hydrogen-bond donors (Lipinski definition) is 1. The fraction of sp³-hybridized carbons (Fsp3) is 0.889. The first kappa shape index (κ1) is 10.9. The lowest BCUT2D eigenvalue weighted by Crippen LogP contribution is -2.24. The molecular formula is C9H16O3S. The number of rotatable bonds is 4. The van der Waals surface area contributed by atoms with Crippen molar-refractivity contribution in [1.29, 1.82) is 0 Å². The molecule has 0 saturated carbocycles. The Morgan fingerprint density at radius 2 is 2.23 bits per heavy atom. The van der Waals surface area contributed by atoms with E-state index in [1.807, 2.05) is 6.92 Å². The molecule has 0 aromatic carbocycles. The van der Waals surface area contributed by atoms with Crippen LogP contribution in [-0.2, 0) is 9.53 Å². The second kappa shape index (κ2) is 5.50. The van der Waals surface area contributed by atoms with Gasteiger partial charge >= 0.3 is 5.97 Å². The molecule has 0 bridgehead atoms. The van der Waals surface area contributed by atoms with Crippen molar-refractivity contribution in [2.75, 3.05) is 13.2 Å². The first-order valence-corrected chi connectivity index (χ1v) is 5.64. The van der Waals surface area contributed by atoms with Crippen LogP contribution in [-0.4, -0.2) is 34.8 Å². The van der Waals surface area contributed by atoms with E-state index in [2.05, 4.69) is 0 Å². The fourth-order valence-corrected chi connectivity index (χ4v) is 2.61. The van der Waals surface area contributed by atoms with Gasteiger partial charge in [-0.05, 0) is 19.3 Å². The van der Waals surface area contributed by atoms with Crippen molar-refractivity contribution in [3.8, 4) is 0 Å². The third-order valence-corrected chi connectivity index (χ3v) is 3.89. The second-order valence-electron chi connectivity index (χ2n) is 3.18. The Balaban J connectivity index is 2.31. The van der Waals surface area contributed by atoms with Crippen LogP contribution in [0.1, 0.15) is 26.2 Å². The van der Waals surface area contributed by atoms with Crippen LogP contribution in [0.2, 0.25) is 0 Å². The van der Waals surface area contributed by atoms with E-state index in [1.165, 1.54) is 0 Å². The van der Waals surface area contributed by atoms with Gasteiger partial charge in [-0.3, -0.25) is 4.79 Å². The Labute approximate surface area is 82.8 Å². The lowest BCUT2D eigenvalue weighted by molar-refractivity contribution is -0.136. The summed E-state index contributed by atoms with van der Waals surface area (Å²) in [7, 11) is 0. The zero-order valence-corrected chi connectivity index (χ0v) is 8.68. The van der Waals surface area contributed by atoms with Crippen molar-refractivity contribution in [2.24, 2.45) is 0 Å². The average molecular weight is 204 g/mol. The fourth-order valence-electron chi connectivity index (χ4n) is 1.37. The maximum atomic E-state index is 10.8. The summed E-state index contributed by atoms with van der Waals surface area (Å²) in [6.45, 7) is 3.49. The Bertz CT molecular complexity index is 166. The molecule has 13 heavy (non-hydrogen) atoms. The molecule has 1 atom stereocenters. The summed E-state index contributed by atoms with van der Waals surface area (Å²) in [5.74, 6) is -0.681. The SMILES string of the molecule is CCC(SC1CCOCC1)C(=O)O. The first-order valence-electron chi connectivity index (χ1n) is 4.70. The van der Waals surface area contributed by atoms with Gasteiger partial charge in [0, 0.05) is 18.5 Å². The summed E-state index contributed by atoms with van der Waals surface area (Å²) in [6, 6.07) is 0. The van der Waals surface area contributed by atoms with Crippen LogP contribution in [0.3, 0.4) is 0 Å². The molecule has 1 aliphatic rings. The highest BCUT2D eigenvalue weighted by Crippen LogP contribution is 2.27. The first-order chi connectivity index (χ1) is 6.24. The molecule has 1 rings (SSSR count). The Hall–Kier alpha value is -0.220. The number of ether oxygens (including phenoxy) is 1. The van der Waals surface area contributed by atoms with Gasteiger partial charge in [0.15, 0.2) is 0 Å². The summed E-state index contributed by atoms with van der Waals surface area (Å²) in [4.78, 5) is 10.8. The largest absolute Gasteiger partial charge is 0.480 e. The van der Waals surface area contributed by atoms with E-state index in [1.54, 1.807) is 11.8 Å². The van der Waals surface area contributed by atoms with Gasteiger partial charge in [0.1, 0.15) is 5.25 Å². The van der Waals surface area contributed by atoms with Gasteiger partial charge in [0.25, 0.3) is 0 Å². The maximum Gasteiger partial charge on any atom is 0.316 e. The number of aliphatic carboxylic acids is 1. The third kappa shape index (κ3) is 3.56. The quantitative estimate of drug-likeness (QED) is 0.758. The van der Waals surface area contributed by atoms with Crippen molar-refractivity contribution in [2.45, 2.75) is 36.7 Å². The molecule has 1 fully saturated rings. The Kier molecular flexibility index (Phi) is 4.59. The van der Waals surface area contributed by atoms with Gasteiger partial charge in [-0.25, -0.2) is 0 Å². The van der Waals surface area contributed by atoms with E-state index < -0.39 is 5.97 Å². The van der Waals surface area contributed by atoms with Crippen LogP contribution >= 0.6 is 11.8 Å². The van der Waals surface area contributed by atoms with Crippen molar-refractivity contribution in [3.63, 3.8) is 0 Å². The molecule has 0 radical (unpaired) electrons. The highest BCUT2D eigenvalue weighted by atomic mass is 32.2. The van der Waals surface area contributed by atoms with E-state index in [9.17, 15) is 4.79 Å². The summed E-state index contributed by atoms with van der Waals surface area (Å²) < 4.78 is 5.21. The highest BCUT2D eigenvalue weighted by Gasteiger charge is 2.22.